The minimum Gasteiger partial charge on any atom is -0.317 e. The van der Waals surface area contributed by atoms with Gasteiger partial charge in [-0.1, -0.05) is 11.6 Å². The van der Waals surface area contributed by atoms with Gasteiger partial charge in [0.05, 0.1) is 11.7 Å². The van der Waals surface area contributed by atoms with Crippen molar-refractivity contribution in [3.8, 4) is 0 Å². The van der Waals surface area contributed by atoms with E-state index in [1.54, 1.807) is 5.57 Å². The zero-order chi connectivity index (χ0) is 14.9. The van der Waals surface area contributed by atoms with Crippen LogP contribution in [0, 0.1) is 5.41 Å². The highest BCUT2D eigenvalue weighted by atomic mass is 32.1. The molecule has 1 N–H and O–H groups in total. The zero-order valence-corrected chi connectivity index (χ0v) is 13.8. The molecule has 0 saturated carbocycles. The van der Waals surface area contributed by atoms with Crippen LogP contribution in [0.3, 0.4) is 0 Å². The lowest BCUT2D eigenvalue weighted by Gasteiger charge is -2.14. The summed E-state index contributed by atoms with van der Waals surface area (Å²) in [6.45, 7) is 0.901. The molecule has 0 fully saturated rings. The Morgan fingerprint density at radius 2 is 2.00 bits per heavy atom. The van der Waals surface area contributed by atoms with Crippen LogP contribution in [0.25, 0.3) is 10.2 Å². The average Bonchev–Trinajstić information content (AvgIpc) is 2.94. The maximum atomic E-state index is 8.62. The van der Waals surface area contributed by atoms with Gasteiger partial charge in [-0.15, -0.1) is 11.3 Å². The highest BCUT2D eigenvalue weighted by Gasteiger charge is 2.18. The van der Waals surface area contributed by atoms with Crippen molar-refractivity contribution < 1.29 is 0 Å². The summed E-state index contributed by atoms with van der Waals surface area (Å²) in [4.78, 5) is 7.21. The number of aromatic nitrogens is 2. The van der Waals surface area contributed by atoms with Crippen molar-refractivity contribution in [3.63, 3.8) is 0 Å². The molecule has 3 nitrogen and oxygen atoms in total. The predicted molar refractivity (Wildman–Crippen MR) is 91.3 cm³/mol. The molecule has 0 amide bonds. The molecule has 0 unspecified atom stereocenters. The minimum atomic E-state index is 0.681. The molecule has 0 radical (unpaired) electrons. The molecule has 2 aromatic rings. The summed E-state index contributed by atoms with van der Waals surface area (Å²) in [6.07, 6.45) is 15.4. The first-order valence-corrected chi connectivity index (χ1v) is 9.37. The normalized spacial score (nSPS) is 18.3. The molecular weight excluding hydrogens is 290 g/mol. The van der Waals surface area contributed by atoms with Crippen LogP contribution in [0.2, 0.25) is 0 Å². The van der Waals surface area contributed by atoms with Crippen LogP contribution < -0.4 is 5.49 Å². The molecule has 2 aliphatic rings. The molecule has 2 aromatic heterocycles. The average molecular weight is 313 g/mol. The van der Waals surface area contributed by atoms with Gasteiger partial charge in [0, 0.05) is 11.4 Å². The second kappa shape index (κ2) is 5.99. The van der Waals surface area contributed by atoms with Crippen LogP contribution in [0.15, 0.2) is 18.0 Å². The molecule has 0 bridgehead atoms. The molecule has 116 valence electrons. The van der Waals surface area contributed by atoms with Crippen LogP contribution in [0.4, 0.5) is 0 Å². The Morgan fingerprint density at radius 1 is 1.14 bits per heavy atom. The number of rotatable bonds is 3. The number of fused-ring (bicyclic) bond motifs is 3. The van der Waals surface area contributed by atoms with Crippen LogP contribution >= 0.6 is 11.3 Å². The van der Waals surface area contributed by atoms with Crippen LogP contribution in [-0.2, 0) is 19.4 Å². The van der Waals surface area contributed by atoms with Gasteiger partial charge < -0.3 is 4.57 Å². The summed E-state index contributed by atoms with van der Waals surface area (Å²) in [5.41, 5.74) is 3.68. The Bertz CT molecular complexity index is 781. The second-order valence-corrected chi connectivity index (χ2v) is 7.62. The standard InChI is InChI=1S/C18H23N3S/c19-17-16-14-8-4-5-9-15(14)22-18(16)20-12-21(17)11-10-13-6-2-1-3-7-13/h6,12,19H,1-5,7-11H2. The monoisotopic (exact) mass is 313 g/mol. The topological polar surface area (TPSA) is 41.7 Å². The Balaban J connectivity index is 1.65. The van der Waals surface area contributed by atoms with E-state index < -0.39 is 0 Å². The first kappa shape index (κ1) is 14.2. The predicted octanol–water partition coefficient (Wildman–Crippen LogP) is 4.35. The summed E-state index contributed by atoms with van der Waals surface area (Å²) in [7, 11) is 0. The highest BCUT2D eigenvalue weighted by molar-refractivity contribution is 7.18. The molecule has 22 heavy (non-hydrogen) atoms. The zero-order valence-electron chi connectivity index (χ0n) is 13.0. The fourth-order valence-electron chi connectivity index (χ4n) is 3.78. The SMILES string of the molecule is N=c1c2c3c(sc2ncn1CCC1=CCCCC1)CCCC3. The van der Waals surface area contributed by atoms with Crippen LogP contribution in [0.1, 0.15) is 55.4 Å². The van der Waals surface area contributed by atoms with Gasteiger partial charge in [-0.05, 0) is 63.4 Å². The first-order valence-electron chi connectivity index (χ1n) is 8.55. The third-order valence-electron chi connectivity index (χ3n) is 5.05. The van der Waals surface area contributed by atoms with Gasteiger partial charge in [-0.25, -0.2) is 4.98 Å². The lowest BCUT2D eigenvalue weighted by atomic mass is 9.97. The minimum absolute atomic E-state index is 0.681. The summed E-state index contributed by atoms with van der Waals surface area (Å²) >= 11 is 1.81. The number of thiophene rings is 1. The van der Waals surface area contributed by atoms with E-state index in [0.29, 0.717) is 5.49 Å². The Kier molecular flexibility index (Phi) is 3.87. The fraction of sp³-hybridized carbons (Fsp3) is 0.556. The summed E-state index contributed by atoms with van der Waals surface area (Å²) in [6, 6.07) is 0. The molecule has 0 spiro atoms. The molecule has 4 heteroatoms. The number of nitrogens with one attached hydrogen (secondary N) is 1. The summed E-state index contributed by atoms with van der Waals surface area (Å²) < 4.78 is 2.05. The van der Waals surface area contributed by atoms with Crippen molar-refractivity contribution in [2.75, 3.05) is 0 Å². The van der Waals surface area contributed by atoms with E-state index in [2.05, 4.69) is 15.6 Å². The van der Waals surface area contributed by atoms with Gasteiger partial charge in [0.2, 0.25) is 0 Å². The Morgan fingerprint density at radius 3 is 2.86 bits per heavy atom. The quantitative estimate of drug-likeness (QED) is 0.841. The number of aryl methyl sites for hydroxylation is 3. The van der Waals surface area contributed by atoms with Gasteiger partial charge in [-0.3, -0.25) is 5.41 Å². The molecule has 2 heterocycles. The van der Waals surface area contributed by atoms with Crippen molar-refractivity contribution in [3.05, 3.63) is 33.9 Å². The van der Waals surface area contributed by atoms with E-state index in [0.717, 1.165) is 29.6 Å². The fourth-order valence-corrected chi connectivity index (χ4v) is 5.00. The van der Waals surface area contributed by atoms with Gasteiger partial charge in [0.1, 0.15) is 10.3 Å². The lowest BCUT2D eigenvalue weighted by Crippen LogP contribution is -2.21. The van der Waals surface area contributed by atoms with E-state index in [4.69, 9.17) is 5.41 Å². The maximum absolute atomic E-state index is 8.62. The largest absolute Gasteiger partial charge is 0.317 e. The van der Waals surface area contributed by atoms with E-state index in [-0.39, 0.29) is 0 Å². The molecule has 0 saturated heterocycles. The third kappa shape index (κ3) is 2.54. The number of allylic oxidation sites excluding steroid dienone is 2. The van der Waals surface area contributed by atoms with Crippen LogP contribution in [0.5, 0.6) is 0 Å². The molecule has 2 aliphatic carbocycles. The number of nitrogens with zero attached hydrogens (tertiary/aromatic N) is 2. The van der Waals surface area contributed by atoms with E-state index in [1.807, 2.05) is 17.7 Å². The molecule has 0 aliphatic heterocycles. The van der Waals surface area contributed by atoms with Gasteiger partial charge in [0.15, 0.2) is 0 Å². The van der Waals surface area contributed by atoms with E-state index in [1.165, 1.54) is 55.4 Å². The maximum Gasteiger partial charge on any atom is 0.136 e. The van der Waals surface area contributed by atoms with Crippen molar-refractivity contribution >= 4 is 21.6 Å². The smallest absolute Gasteiger partial charge is 0.136 e. The molecule has 4 rings (SSSR count). The van der Waals surface area contributed by atoms with E-state index in [9.17, 15) is 0 Å². The molecular formula is C18H23N3S. The third-order valence-corrected chi connectivity index (χ3v) is 6.25. The van der Waals surface area contributed by atoms with Crippen molar-refractivity contribution in [2.24, 2.45) is 0 Å². The van der Waals surface area contributed by atoms with Gasteiger partial charge in [0.25, 0.3) is 0 Å². The Hall–Kier alpha value is -1.42. The van der Waals surface area contributed by atoms with Crippen LogP contribution in [-0.4, -0.2) is 9.55 Å². The van der Waals surface area contributed by atoms with Crippen molar-refractivity contribution in [2.45, 2.75) is 64.3 Å². The second-order valence-electron chi connectivity index (χ2n) is 6.54. The van der Waals surface area contributed by atoms with E-state index >= 15 is 0 Å². The lowest BCUT2D eigenvalue weighted by molar-refractivity contribution is 0.602. The molecule has 0 aromatic carbocycles. The summed E-state index contributed by atoms with van der Waals surface area (Å²) in [5.74, 6) is 0. The summed E-state index contributed by atoms with van der Waals surface area (Å²) in [5, 5.41) is 9.76. The van der Waals surface area contributed by atoms with Gasteiger partial charge >= 0.3 is 0 Å². The highest BCUT2D eigenvalue weighted by Crippen LogP contribution is 2.33. The Labute approximate surface area is 135 Å². The van der Waals surface area contributed by atoms with Gasteiger partial charge in [-0.2, -0.15) is 0 Å². The number of hydrogen-bond donors (Lipinski definition) is 1. The van der Waals surface area contributed by atoms with Crippen molar-refractivity contribution in [1.82, 2.24) is 9.55 Å². The number of hydrogen-bond acceptors (Lipinski definition) is 3. The first-order chi connectivity index (χ1) is 10.8. The molecule has 0 atom stereocenters. The van der Waals surface area contributed by atoms with Crippen molar-refractivity contribution in [1.29, 1.82) is 5.41 Å².